The lowest BCUT2D eigenvalue weighted by Gasteiger charge is -2.02. The minimum absolute atomic E-state index is 0.779. The highest BCUT2D eigenvalue weighted by atomic mass is 32.1. The van der Waals surface area contributed by atoms with Crippen LogP contribution in [0.3, 0.4) is 0 Å². The summed E-state index contributed by atoms with van der Waals surface area (Å²) in [4.78, 5) is 4.26. The highest BCUT2D eigenvalue weighted by Gasteiger charge is 1.99. The van der Waals surface area contributed by atoms with Crippen molar-refractivity contribution >= 4 is 28.1 Å². The Kier molecular flexibility index (Phi) is 3.02. The smallest absolute Gasteiger partial charge is 0.0753 e. The van der Waals surface area contributed by atoms with Gasteiger partial charge in [0.15, 0.2) is 0 Å². The third kappa shape index (κ3) is 2.36. The highest BCUT2D eigenvalue weighted by Crippen LogP contribution is 2.14. The van der Waals surface area contributed by atoms with E-state index < -0.39 is 0 Å². The van der Waals surface area contributed by atoms with Crippen LogP contribution in [0.2, 0.25) is 0 Å². The van der Waals surface area contributed by atoms with Gasteiger partial charge in [0.05, 0.1) is 11.5 Å². The lowest BCUT2D eigenvalue weighted by Crippen LogP contribution is -2.19. The number of fused-ring (bicyclic) bond motifs is 1. The van der Waals surface area contributed by atoms with E-state index in [1.54, 1.807) is 0 Å². The zero-order valence-electron chi connectivity index (χ0n) is 8.71. The fourth-order valence-electron chi connectivity index (χ4n) is 1.55. The number of para-hydroxylation sites is 1. The topological polar surface area (TPSA) is 27.8 Å². The average Bonchev–Trinajstić information content (AvgIpc) is 2.68. The number of nitrogens with one attached hydrogen (secondary N) is 2. The van der Waals surface area contributed by atoms with E-state index in [1.807, 2.05) is 12.1 Å². The van der Waals surface area contributed by atoms with Crippen LogP contribution in [-0.2, 0) is 6.54 Å². The average molecular weight is 218 g/mol. The maximum Gasteiger partial charge on any atom is 0.0753 e. The van der Waals surface area contributed by atoms with Crippen molar-refractivity contribution in [3.05, 3.63) is 36.0 Å². The van der Waals surface area contributed by atoms with Gasteiger partial charge in [0.1, 0.15) is 0 Å². The standard InChI is InChI=1S/C12H14N2S/c1-2-12(15)13-8-10-7-9-5-3-4-6-11(9)14-10/h3-7,14H,2,8H2,1H3,(H,13,15). The van der Waals surface area contributed by atoms with E-state index in [4.69, 9.17) is 12.2 Å². The Morgan fingerprint density at radius 1 is 1.40 bits per heavy atom. The largest absolute Gasteiger partial charge is 0.374 e. The summed E-state index contributed by atoms with van der Waals surface area (Å²) < 4.78 is 0. The summed E-state index contributed by atoms with van der Waals surface area (Å²) in [6, 6.07) is 10.4. The van der Waals surface area contributed by atoms with Crippen molar-refractivity contribution < 1.29 is 0 Å². The van der Waals surface area contributed by atoms with Crippen molar-refractivity contribution in [2.24, 2.45) is 0 Å². The monoisotopic (exact) mass is 218 g/mol. The Labute approximate surface area is 94.7 Å². The van der Waals surface area contributed by atoms with Crippen molar-refractivity contribution in [3.63, 3.8) is 0 Å². The number of hydrogen-bond acceptors (Lipinski definition) is 1. The van der Waals surface area contributed by atoms with Gasteiger partial charge in [0.25, 0.3) is 0 Å². The second-order valence-electron chi connectivity index (χ2n) is 3.51. The summed E-state index contributed by atoms with van der Waals surface area (Å²) in [6.45, 7) is 2.84. The fraction of sp³-hybridized carbons (Fsp3) is 0.250. The quantitative estimate of drug-likeness (QED) is 0.775. The van der Waals surface area contributed by atoms with E-state index in [0.717, 1.165) is 18.0 Å². The molecule has 0 radical (unpaired) electrons. The van der Waals surface area contributed by atoms with Crippen LogP contribution in [0.25, 0.3) is 10.9 Å². The molecule has 3 heteroatoms. The predicted octanol–water partition coefficient (Wildman–Crippen LogP) is 2.99. The molecule has 0 saturated carbocycles. The summed E-state index contributed by atoms with van der Waals surface area (Å²) in [5.41, 5.74) is 2.35. The molecule has 2 rings (SSSR count). The molecule has 78 valence electrons. The van der Waals surface area contributed by atoms with Crippen molar-refractivity contribution in [2.75, 3.05) is 0 Å². The normalized spacial score (nSPS) is 10.5. The first-order valence-corrected chi connectivity index (χ1v) is 5.53. The van der Waals surface area contributed by atoms with Gasteiger partial charge in [0, 0.05) is 11.2 Å². The molecule has 1 aromatic heterocycles. The Bertz CT molecular complexity index is 440. The molecule has 2 aromatic rings. The van der Waals surface area contributed by atoms with E-state index in [9.17, 15) is 0 Å². The first-order chi connectivity index (χ1) is 7.29. The summed E-state index contributed by atoms with van der Waals surface area (Å²) >= 11 is 5.11. The van der Waals surface area contributed by atoms with Crippen molar-refractivity contribution in [1.82, 2.24) is 10.3 Å². The Hall–Kier alpha value is -1.35. The molecule has 0 spiro atoms. The molecule has 1 aromatic carbocycles. The van der Waals surface area contributed by atoms with E-state index in [2.05, 4.69) is 35.4 Å². The van der Waals surface area contributed by atoms with Crippen molar-refractivity contribution in [2.45, 2.75) is 19.9 Å². The number of thiocarbonyl (C=S) groups is 1. The van der Waals surface area contributed by atoms with Crippen LogP contribution in [0, 0.1) is 0 Å². The summed E-state index contributed by atoms with van der Waals surface area (Å²) in [5.74, 6) is 0. The van der Waals surface area contributed by atoms with Crippen LogP contribution >= 0.6 is 12.2 Å². The van der Waals surface area contributed by atoms with Crippen LogP contribution in [0.15, 0.2) is 30.3 Å². The Balaban J connectivity index is 2.12. The van der Waals surface area contributed by atoms with E-state index >= 15 is 0 Å². The van der Waals surface area contributed by atoms with Gasteiger partial charge in [-0.3, -0.25) is 0 Å². The summed E-state index contributed by atoms with van der Waals surface area (Å²) in [6.07, 6.45) is 0.898. The molecule has 0 aliphatic carbocycles. The molecule has 0 amide bonds. The molecule has 0 saturated heterocycles. The van der Waals surface area contributed by atoms with Crippen LogP contribution < -0.4 is 5.32 Å². The first-order valence-electron chi connectivity index (χ1n) is 5.13. The number of H-pyrrole nitrogens is 1. The maximum atomic E-state index is 5.11. The van der Waals surface area contributed by atoms with Crippen LogP contribution in [0.4, 0.5) is 0 Å². The third-order valence-electron chi connectivity index (χ3n) is 2.38. The molecule has 0 aliphatic rings. The van der Waals surface area contributed by atoms with Crippen LogP contribution in [0.5, 0.6) is 0 Å². The molecule has 2 N–H and O–H groups in total. The first kappa shape index (κ1) is 10.2. The number of aromatic nitrogens is 1. The predicted molar refractivity (Wildman–Crippen MR) is 68.0 cm³/mol. The van der Waals surface area contributed by atoms with Gasteiger partial charge < -0.3 is 10.3 Å². The zero-order chi connectivity index (χ0) is 10.7. The molecule has 0 unspecified atom stereocenters. The van der Waals surface area contributed by atoms with Gasteiger partial charge in [-0.2, -0.15) is 0 Å². The van der Waals surface area contributed by atoms with Crippen LogP contribution in [-0.4, -0.2) is 9.97 Å². The van der Waals surface area contributed by atoms with Crippen molar-refractivity contribution in [1.29, 1.82) is 0 Å². The van der Waals surface area contributed by atoms with E-state index in [-0.39, 0.29) is 0 Å². The molecular weight excluding hydrogens is 204 g/mol. The van der Waals surface area contributed by atoms with Gasteiger partial charge in [-0.05, 0) is 23.9 Å². The molecule has 15 heavy (non-hydrogen) atoms. The minimum atomic E-state index is 0.779. The molecule has 2 nitrogen and oxygen atoms in total. The SMILES string of the molecule is CCC(=S)NCc1cc2ccccc2[nH]1. The summed E-state index contributed by atoms with van der Waals surface area (Å²) in [7, 11) is 0. The van der Waals surface area contributed by atoms with Crippen molar-refractivity contribution in [3.8, 4) is 0 Å². The van der Waals surface area contributed by atoms with Gasteiger partial charge in [0.2, 0.25) is 0 Å². The van der Waals surface area contributed by atoms with Gasteiger partial charge in [-0.15, -0.1) is 0 Å². The Morgan fingerprint density at radius 3 is 2.93 bits per heavy atom. The van der Waals surface area contributed by atoms with E-state index in [1.165, 1.54) is 16.6 Å². The van der Waals surface area contributed by atoms with E-state index in [0.29, 0.717) is 0 Å². The molecule has 0 aliphatic heterocycles. The summed E-state index contributed by atoms with van der Waals surface area (Å²) in [5, 5.41) is 4.46. The molecule has 1 heterocycles. The lowest BCUT2D eigenvalue weighted by molar-refractivity contribution is 0.882. The molecular formula is C12H14N2S. The second kappa shape index (κ2) is 4.45. The highest BCUT2D eigenvalue weighted by molar-refractivity contribution is 7.80. The van der Waals surface area contributed by atoms with Gasteiger partial charge in [-0.25, -0.2) is 0 Å². The fourth-order valence-corrected chi connectivity index (χ4v) is 1.62. The lowest BCUT2D eigenvalue weighted by atomic mass is 10.2. The van der Waals surface area contributed by atoms with Crippen LogP contribution in [0.1, 0.15) is 19.0 Å². The molecule has 0 fully saturated rings. The molecule has 0 atom stereocenters. The number of benzene rings is 1. The van der Waals surface area contributed by atoms with Gasteiger partial charge in [-0.1, -0.05) is 37.3 Å². The minimum Gasteiger partial charge on any atom is -0.374 e. The zero-order valence-corrected chi connectivity index (χ0v) is 9.53. The third-order valence-corrected chi connectivity index (χ3v) is 2.82. The number of aromatic amines is 1. The Morgan fingerprint density at radius 2 is 2.20 bits per heavy atom. The maximum absolute atomic E-state index is 5.11. The number of rotatable bonds is 3. The second-order valence-corrected chi connectivity index (χ2v) is 4.00. The number of hydrogen-bond donors (Lipinski definition) is 2. The molecule has 0 bridgehead atoms. The van der Waals surface area contributed by atoms with Gasteiger partial charge >= 0.3 is 0 Å².